The van der Waals surface area contributed by atoms with E-state index in [1.54, 1.807) is 11.3 Å². The molecule has 3 aromatic rings. The summed E-state index contributed by atoms with van der Waals surface area (Å²) in [5.74, 6) is 0. The molecule has 1 unspecified atom stereocenters. The van der Waals surface area contributed by atoms with Crippen molar-refractivity contribution in [2.75, 3.05) is 6.54 Å². The van der Waals surface area contributed by atoms with E-state index in [1.165, 1.54) is 10.9 Å². The van der Waals surface area contributed by atoms with Gasteiger partial charge in [0.1, 0.15) is 0 Å². The Morgan fingerprint density at radius 2 is 2.15 bits per heavy atom. The number of benzene rings is 1. The quantitative estimate of drug-likeness (QED) is 0.768. The van der Waals surface area contributed by atoms with Crippen molar-refractivity contribution < 1.29 is 0 Å². The fourth-order valence-electron chi connectivity index (χ4n) is 2.51. The Morgan fingerprint density at radius 1 is 1.35 bits per heavy atom. The summed E-state index contributed by atoms with van der Waals surface area (Å²) in [6.45, 7) is 3.02. The van der Waals surface area contributed by atoms with Gasteiger partial charge in [-0.15, -0.1) is 0 Å². The third-order valence-electron chi connectivity index (χ3n) is 3.42. The van der Waals surface area contributed by atoms with Crippen LogP contribution in [-0.2, 0) is 7.05 Å². The highest BCUT2D eigenvalue weighted by molar-refractivity contribution is 9.10. The molecule has 0 amide bonds. The Morgan fingerprint density at radius 3 is 2.85 bits per heavy atom. The lowest BCUT2D eigenvalue weighted by atomic mass is 10.0. The van der Waals surface area contributed by atoms with Gasteiger partial charge in [-0.3, -0.25) is 4.68 Å². The first kappa shape index (κ1) is 13.8. The zero-order valence-corrected chi connectivity index (χ0v) is 13.8. The number of rotatable bonds is 4. The van der Waals surface area contributed by atoms with E-state index in [0.29, 0.717) is 0 Å². The summed E-state index contributed by atoms with van der Waals surface area (Å²) in [7, 11) is 2.00. The molecule has 0 fully saturated rings. The number of hydrogen-bond donors (Lipinski definition) is 1. The van der Waals surface area contributed by atoms with Gasteiger partial charge in [0.15, 0.2) is 0 Å². The van der Waals surface area contributed by atoms with E-state index in [0.717, 1.165) is 22.2 Å². The number of thiophene rings is 1. The van der Waals surface area contributed by atoms with Crippen molar-refractivity contribution >= 4 is 38.2 Å². The van der Waals surface area contributed by atoms with Crippen LogP contribution in [0.25, 0.3) is 10.9 Å². The maximum absolute atomic E-state index is 4.74. The van der Waals surface area contributed by atoms with Gasteiger partial charge >= 0.3 is 0 Å². The van der Waals surface area contributed by atoms with Crippen LogP contribution in [0.4, 0.5) is 0 Å². The van der Waals surface area contributed by atoms with Crippen LogP contribution in [-0.4, -0.2) is 16.3 Å². The topological polar surface area (TPSA) is 29.9 Å². The molecule has 2 heterocycles. The Kier molecular flexibility index (Phi) is 3.92. The minimum atomic E-state index is 0.117. The molecule has 1 N–H and O–H groups in total. The number of nitrogens with one attached hydrogen (secondary N) is 1. The zero-order chi connectivity index (χ0) is 14.1. The third-order valence-corrected chi connectivity index (χ3v) is 5.17. The van der Waals surface area contributed by atoms with E-state index in [1.807, 2.05) is 11.7 Å². The minimum Gasteiger partial charge on any atom is -0.305 e. The van der Waals surface area contributed by atoms with E-state index >= 15 is 0 Å². The van der Waals surface area contributed by atoms with Crippen LogP contribution in [0.5, 0.6) is 0 Å². The highest BCUT2D eigenvalue weighted by Crippen LogP contribution is 2.34. The summed E-state index contributed by atoms with van der Waals surface area (Å²) in [5, 5.41) is 13.8. The molecule has 0 saturated heterocycles. The fraction of sp³-hybridized carbons (Fsp3) is 0.267. The van der Waals surface area contributed by atoms with Crippen molar-refractivity contribution in [3.63, 3.8) is 0 Å². The standard InChI is InChI=1S/C15H16BrN3S/c1-3-17-14(11-8-20-9-12(11)16)15-10-6-4-5-7-13(10)19(2)18-15/h4-9,14,17H,3H2,1-2H3. The van der Waals surface area contributed by atoms with E-state index in [9.17, 15) is 0 Å². The van der Waals surface area contributed by atoms with E-state index in [4.69, 9.17) is 5.10 Å². The van der Waals surface area contributed by atoms with E-state index in [2.05, 4.69) is 63.2 Å². The van der Waals surface area contributed by atoms with Gasteiger partial charge in [0.2, 0.25) is 0 Å². The van der Waals surface area contributed by atoms with Crippen LogP contribution in [0, 0.1) is 0 Å². The number of fused-ring (bicyclic) bond motifs is 1. The second-order valence-corrected chi connectivity index (χ2v) is 6.29. The van der Waals surface area contributed by atoms with Gasteiger partial charge < -0.3 is 5.32 Å². The van der Waals surface area contributed by atoms with Gasteiger partial charge in [-0.25, -0.2) is 0 Å². The molecule has 2 aromatic heterocycles. The van der Waals surface area contributed by atoms with Crippen molar-refractivity contribution in [2.24, 2.45) is 7.05 Å². The highest BCUT2D eigenvalue weighted by atomic mass is 79.9. The minimum absolute atomic E-state index is 0.117. The largest absolute Gasteiger partial charge is 0.305 e. The number of aromatic nitrogens is 2. The lowest BCUT2D eigenvalue weighted by Gasteiger charge is -2.16. The summed E-state index contributed by atoms with van der Waals surface area (Å²) in [5.41, 5.74) is 3.50. The van der Waals surface area contributed by atoms with Gasteiger partial charge in [0, 0.05) is 27.9 Å². The first-order valence-electron chi connectivity index (χ1n) is 6.59. The molecule has 0 radical (unpaired) electrons. The smallest absolute Gasteiger partial charge is 0.0918 e. The Hall–Kier alpha value is -1.17. The monoisotopic (exact) mass is 349 g/mol. The second kappa shape index (κ2) is 5.68. The average molecular weight is 350 g/mol. The lowest BCUT2D eigenvalue weighted by molar-refractivity contribution is 0.604. The molecule has 0 aliphatic heterocycles. The molecular formula is C15H16BrN3S. The van der Waals surface area contributed by atoms with Crippen LogP contribution < -0.4 is 5.32 Å². The van der Waals surface area contributed by atoms with Crippen molar-refractivity contribution in [3.8, 4) is 0 Å². The Balaban J connectivity index is 2.18. The van der Waals surface area contributed by atoms with Crippen LogP contribution in [0.2, 0.25) is 0 Å². The van der Waals surface area contributed by atoms with Crippen LogP contribution >= 0.6 is 27.3 Å². The summed E-state index contributed by atoms with van der Waals surface area (Å²) >= 11 is 5.35. The highest BCUT2D eigenvalue weighted by Gasteiger charge is 2.22. The van der Waals surface area contributed by atoms with Crippen LogP contribution in [0.15, 0.2) is 39.5 Å². The molecule has 1 aromatic carbocycles. The molecule has 3 rings (SSSR count). The summed E-state index contributed by atoms with van der Waals surface area (Å²) in [4.78, 5) is 0. The summed E-state index contributed by atoms with van der Waals surface area (Å²) < 4.78 is 3.10. The molecule has 0 spiro atoms. The Bertz CT molecular complexity index is 732. The fourth-order valence-corrected chi connectivity index (χ4v) is 4.06. The van der Waals surface area contributed by atoms with Crippen molar-refractivity contribution in [1.29, 1.82) is 0 Å². The van der Waals surface area contributed by atoms with E-state index in [-0.39, 0.29) is 6.04 Å². The number of aryl methyl sites for hydroxylation is 1. The predicted octanol–water partition coefficient (Wildman–Crippen LogP) is 4.10. The number of hydrogen-bond acceptors (Lipinski definition) is 3. The molecule has 0 aliphatic rings. The lowest BCUT2D eigenvalue weighted by Crippen LogP contribution is -2.22. The van der Waals surface area contributed by atoms with Crippen LogP contribution in [0.1, 0.15) is 24.2 Å². The maximum atomic E-state index is 4.74. The van der Waals surface area contributed by atoms with Gasteiger partial charge in [0.05, 0.1) is 17.3 Å². The van der Waals surface area contributed by atoms with Crippen molar-refractivity contribution in [1.82, 2.24) is 15.1 Å². The summed E-state index contributed by atoms with van der Waals surface area (Å²) in [6, 6.07) is 8.49. The Labute approximate surface area is 130 Å². The molecule has 1 atom stereocenters. The SMILES string of the molecule is CCNC(c1cscc1Br)c1nn(C)c2ccccc12. The number of halogens is 1. The van der Waals surface area contributed by atoms with Crippen LogP contribution in [0.3, 0.4) is 0 Å². The molecular weight excluding hydrogens is 334 g/mol. The number of nitrogens with zero attached hydrogens (tertiary/aromatic N) is 2. The molecule has 0 saturated carbocycles. The van der Waals surface area contributed by atoms with Crippen molar-refractivity contribution in [2.45, 2.75) is 13.0 Å². The van der Waals surface area contributed by atoms with Gasteiger partial charge in [-0.05, 0) is 33.9 Å². The molecule has 0 aliphatic carbocycles. The molecule has 104 valence electrons. The van der Waals surface area contributed by atoms with Gasteiger partial charge in [-0.2, -0.15) is 16.4 Å². The average Bonchev–Trinajstić information content (AvgIpc) is 3.02. The van der Waals surface area contributed by atoms with Gasteiger partial charge in [0.25, 0.3) is 0 Å². The first-order valence-corrected chi connectivity index (χ1v) is 8.32. The summed E-state index contributed by atoms with van der Waals surface area (Å²) in [6.07, 6.45) is 0. The molecule has 20 heavy (non-hydrogen) atoms. The second-order valence-electron chi connectivity index (χ2n) is 4.69. The zero-order valence-electron chi connectivity index (χ0n) is 11.4. The molecule has 0 bridgehead atoms. The molecule has 3 nitrogen and oxygen atoms in total. The predicted molar refractivity (Wildman–Crippen MR) is 88.3 cm³/mol. The van der Waals surface area contributed by atoms with E-state index < -0.39 is 0 Å². The van der Waals surface area contributed by atoms with Crippen molar-refractivity contribution in [3.05, 3.63) is 50.8 Å². The molecule has 5 heteroatoms. The first-order chi connectivity index (χ1) is 9.72. The normalized spacial score (nSPS) is 12.9. The third kappa shape index (κ3) is 2.30. The van der Waals surface area contributed by atoms with Gasteiger partial charge in [-0.1, -0.05) is 25.1 Å². The maximum Gasteiger partial charge on any atom is 0.0918 e. The number of para-hydroxylation sites is 1.